The molecule has 3 N–H and O–H groups in total. The number of carbonyl (C=O) groups excluding carboxylic acids is 4. The van der Waals surface area contributed by atoms with E-state index < -0.39 is 97.5 Å². The van der Waals surface area contributed by atoms with E-state index in [9.17, 15) is 43.2 Å². The van der Waals surface area contributed by atoms with Crippen LogP contribution in [0.2, 0.25) is 0 Å². The standard InChI is InChI=1S/C80H152O17P2/c1-8-11-12-13-14-15-16-17-22-26-29-34-40-49-56-64-80(85)97-76(68-91-78(83)62-55-48-43-42-46-53-60-73(7)10-3)70-95-99(88,89)93-66-74(81)65-92-98(86,87)94-69-75(67-90-77(82)61-54-47-39-36-31-32-37-44-51-58-71(4)5)96-79(84)63-57-50-41-35-30-27-24-21-19-18-20-23-25-28-33-38-45-52-59-72(6)9-2/h15-17,22,71-76,81H,8-14,18-21,23-70H2,1-7H3,(H,86,87)(H,88,89)/b16-15-,22-17-/t72?,73?,74-,75-,76-/m1/s1. The molecule has 0 aromatic rings. The molecule has 0 bridgehead atoms. The van der Waals surface area contributed by atoms with Gasteiger partial charge in [0.25, 0.3) is 0 Å². The third-order valence-electron chi connectivity index (χ3n) is 18.7. The van der Waals surface area contributed by atoms with Crippen LogP contribution < -0.4 is 0 Å². The molecule has 0 heterocycles. The molecule has 0 amide bonds. The summed E-state index contributed by atoms with van der Waals surface area (Å²) in [6.45, 7) is 11.9. The zero-order valence-electron chi connectivity index (χ0n) is 64.4. The molecule has 0 aliphatic rings. The van der Waals surface area contributed by atoms with Gasteiger partial charge in [0.05, 0.1) is 26.4 Å². The van der Waals surface area contributed by atoms with Crippen LogP contribution in [0.4, 0.5) is 0 Å². The van der Waals surface area contributed by atoms with Gasteiger partial charge >= 0.3 is 39.5 Å². The zero-order valence-corrected chi connectivity index (χ0v) is 66.2. The Morgan fingerprint density at radius 1 is 0.333 bits per heavy atom. The second kappa shape index (κ2) is 69.9. The Kier molecular flexibility index (Phi) is 68.1. The lowest BCUT2D eigenvalue weighted by atomic mass is 9.99. The molecule has 19 heteroatoms. The molecule has 0 saturated heterocycles. The number of aliphatic hydroxyl groups is 1. The lowest BCUT2D eigenvalue weighted by molar-refractivity contribution is -0.161. The fourth-order valence-corrected chi connectivity index (χ4v) is 13.3. The molecule has 99 heavy (non-hydrogen) atoms. The molecule has 0 rings (SSSR count). The number of unbranched alkanes of at least 4 members (excludes halogenated alkanes) is 39. The van der Waals surface area contributed by atoms with Crippen LogP contribution in [0.15, 0.2) is 24.3 Å². The topological polar surface area (TPSA) is 237 Å². The minimum atomic E-state index is -4.97. The Hall–Kier alpha value is -2.46. The first-order chi connectivity index (χ1) is 47.8. The first kappa shape index (κ1) is 96.5. The molecular formula is C80H152O17P2. The molecule has 0 aromatic heterocycles. The van der Waals surface area contributed by atoms with Crippen LogP contribution >= 0.6 is 15.6 Å². The molecule has 0 radical (unpaired) electrons. The van der Waals surface area contributed by atoms with E-state index in [0.29, 0.717) is 25.7 Å². The number of aliphatic hydroxyl groups excluding tert-OH is 1. The number of phosphoric ester groups is 2. The van der Waals surface area contributed by atoms with Crippen LogP contribution in [0.3, 0.4) is 0 Å². The lowest BCUT2D eigenvalue weighted by Crippen LogP contribution is -2.30. The van der Waals surface area contributed by atoms with Gasteiger partial charge in [-0.25, -0.2) is 9.13 Å². The van der Waals surface area contributed by atoms with Gasteiger partial charge in [-0.1, -0.05) is 336 Å². The van der Waals surface area contributed by atoms with E-state index in [0.717, 1.165) is 127 Å². The van der Waals surface area contributed by atoms with Crippen molar-refractivity contribution < 1.29 is 80.2 Å². The van der Waals surface area contributed by atoms with E-state index in [1.165, 1.54) is 180 Å². The van der Waals surface area contributed by atoms with Gasteiger partial charge in [-0.15, -0.1) is 0 Å². The van der Waals surface area contributed by atoms with E-state index >= 15 is 0 Å². The van der Waals surface area contributed by atoms with Gasteiger partial charge in [0.15, 0.2) is 12.2 Å². The fraction of sp³-hybridized carbons (Fsp3) is 0.900. The number of rotatable bonds is 76. The summed E-state index contributed by atoms with van der Waals surface area (Å²) < 4.78 is 68.6. The van der Waals surface area contributed by atoms with Crippen molar-refractivity contribution >= 4 is 39.5 Å². The van der Waals surface area contributed by atoms with Gasteiger partial charge < -0.3 is 33.8 Å². The van der Waals surface area contributed by atoms with Crippen molar-refractivity contribution in [2.45, 2.75) is 407 Å². The average molecular weight is 1450 g/mol. The van der Waals surface area contributed by atoms with Gasteiger partial charge in [0.1, 0.15) is 19.3 Å². The second-order valence-electron chi connectivity index (χ2n) is 29.1. The van der Waals surface area contributed by atoms with E-state index in [2.05, 4.69) is 72.8 Å². The molecule has 17 nitrogen and oxygen atoms in total. The minimum Gasteiger partial charge on any atom is -0.462 e. The Labute approximate surface area is 605 Å². The van der Waals surface area contributed by atoms with Crippen LogP contribution in [-0.2, 0) is 65.4 Å². The molecule has 0 aliphatic heterocycles. The Balaban J connectivity index is 5.23. The van der Waals surface area contributed by atoms with Crippen molar-refractivity contribution in [2.24, 2.45) is 17.8 Å². The van der Waals surface area contributed by atoms with E-state index in [1.807, 2.05) is 0 Å². The van der Waals surface area contributed by atoms with Gasteiger partial charge in [-0.3, -0.25) is 37.3 Å². The molecule has 0 aliphatic carbocycles. The van der Waals surface area contributed by atoms with E-state index in [1.54, 1.807) is 0 Å². The highest BCUT2D eigenvalue weighted by molar-refractivity contribution is 7.47. The third kappa shape index (κ3) is 71.0. The number of phosphoric acid groups is 2. The largest absolute Gasteiger partial charge is 0.472 e. The molecule has 0 spiro atoms. The molecule has 584 valence electrons. The van der Waals surface area contributed by atoms with Crippen LogP contribution in [0.1, 0.15) is 389 Å². The molecule has 0 aromatic carbocycles. The summed E-state index contributed by atoms with van der Waals surface area (Å²) in [6, 6.07) is 0. The third-order valence-corrected chi connectivity index (χ3v) is 20.6. The number of allylic oxidation sites excluding steroid dienone is 4. The number of ether oxygens (including phenoxy) is 4. The molecule has 4 unspecified atom stereocenters. The van der Waals surface area contributed by atoms with Gasteiger partial charge in [0.2, 0.25) is 0 Å². The monoisotopic (exact) mass is 1450 g/mol. The fourth-order valence-electron chi connectivity index (χ4n) is 11.7. The maximum absolute atomic E-state index is 13.1. The highest BCUT2D eigenvalue weighted by Crippen LogP contribution is 2.45. The van der Waals surface area contributed by atoms with Crippen LogP contribution in [0.5, 0.6) is 0 Å². The first-order valence-electron chi connectivity index (χ1n) is 40.7. The number of esters is 4. The highest BCUT2D eigenvalue weighted by Gasteiger charge is 2.30. The normalized spacial score (nSPS) is 14.7. The smallest absolute Gasteiger partial charge is 0.462 e. The van der Waals surface area contributed by atoms with Crippen molar-refractivity contribution in [3.05, 3.63) is 24.3 Å². The quantitative estimate of drug-likeness (QED) is 0.0169. The predicted molar refractivity (Wildman–Crippen MR) is 404 cm³/mol. The van der Waals surface area contributed by atoms with Crippen molar-refractivity contribution in [2.75, 3.05) is 39.6 Å². The minimum absolute atomic E-state index is 0.0839. The molecule has 0 saturated carbocycles. The van der Waals surface area contributed by atoms with Crippen molar-refractivity contribution in [3.8, 4) is 0 Å². The predicted octanol–water partition coefficient (Wildman–Crippen LogP) is 23.3. The van der Waals surface area contributed by atoms with Crippen LogP contribution in [0, 0.1) is 17.8 Å². The van der Waals surface area contributed by atoms with Gasteiger partial charge in [-0.2, -0.15) is 0 Å². The lowest BCUT2D eigenvalue weighted by Gasteiger charge is -2.21. The summed E-state index contributed by atoms with van der Waals surface area (Å²) in [5.74, 6) is 0.193. The summed E-state index contributed by atoms with van der Waals surface area (Å²) in [5, 5.41) is 10.6. The van der Waals surface area contributed by atoms with Crippen LogP contribution in [-0.4, -0.2) is 96.7 Å². The Morgan fingerprint density at radius 2 is 0.596 bits per heavy atom. The van der Waals surface area contributed by atoms with Gasteiger partial charge in [0, 0.05) is 25.7 Å². The molecule has 7 atom stereocenters. The average Bonchev–Trinajstić information content (AvgIpc) is 0.966. The Morgan fingerprint density at radius 3 is 0.899 bits per heavy atom. The Bertz CT molecular complexity index is 2020. The summed E-state index contributed by atoms with van der Waals surface area (Å²) in [7, 11) is -9.93. The maximum atomic E-state index is 13.1. The first-order valence-corrected chi connectivity index (χ1v) is 43.7. The van der Waals surface area contributed by atoms with E-state index in [-0.39, 0.29) is 25.7 Å². The number of hydrogen-bond donors (Lipinski definition) is 3. The van der Waals surface area contributed by atoms with Crippen LogP contribution in [0.25, 0.3) is 0 Å². The van der Waals surface area contributed by atoms with Crippen molar-refractivity contribution in [3.63, 3.8) is 0 Å². The van der Waals surface area contributed by atoms with Gasteiger partial charge in [-0.05, 0) is 69.1 Å². The summed E-state index contributed by atoms with van der Waals surface area (Å²) >= 11 is 0. The summed E-state index contributed by atoms with van der Waals surface area (Å²) in [5.41, 5.74) is 0. The number of hydrogen-bond acceptors (Lipinski definition) is 15. The van der Waals surface area contributed by atoms with Crippen molar-refractivity contribution in [1.29, 1.82) is 0 Å². The molecular weight excluding hydrogens is 1290 g/mol. The molecule has 0 fully saturated rings. The maximum Gasteiger partial charge on any atom is 0.472 e. The second-order valence-corrected chi connectivity index (χ2v) is 32.0. The summed E-state index contributed by atoms with van der Waals surface area (Å²) in [6.07, 6.45) is 60.6. The highest BCUT2D eigenvalue weighted by atomic mass is 31.2. The van der Waals surface area contributed by atoms with Crippen molar-refractivity contribution in [1.82, 2.24) is 0 Å². The summed E-state index contributed by atoms with van der Waals surface area (Å²) in [4.78, 5) is 72.9. The zero-order chi connectivity index (χ0) is 73.0. The SMILES string of the molecule is CCCCCC/C=C\C=C/CCCCCCCC(=O)O[C@H](COC(=O)CCCCCCCCC(C)CC)COP(=O)(O)OC[C@H](O)COP(=O)(O)OC[C@@H](COC(=O)CCCCCCCCCCCC(C)C)OC(=O)CCCCCCCCCCCCCCCCCCCCC(C)CC. The number of carbonyl (C=O) groups is 4. The van der Waals surface area contributed by atoms with E-state index in [4.69, 9.17) is 37.0 Å².